The van der Waals surface area contributed by atoms with Gasteiger partial charge >= 0.3 is 0 Å². The lowest BCUT2D eigenvalue weighted by molar-refractivity contribution is 0.248. The minimum absolute atomic E-state index is 0.759. The molecule has 0 spiro atoms. The molecular formula is C19H23BrN8. The third-order valence-electron chi connectivity index (χ3n) is 4.65. The van der Waals surface area contributed by atoms with Crippen LogP contribution in [0, 0.1) is 13.8 Å². The number of aromatic nitrogens is 5. The molecule has 28 heavy (non-hydrogen) atoms. The van der Waals surface area contributed by atoms with Crippen LogP contribution in [-0.2, 0) is 6.54 Å². The largest absolute Gasteiger partial charge is 0.338 e. The van der Waals surface area contributed by atoms with E-state index in [1.807, 2.05) is 38.2 Å². The van der Waals surface area contributed by atoms with E-state index >= 15 is 0 Å². The fraction of sp³-hybridized carbons (Fsp3) is 0.368. The predicted octanol–water partition coefficient (Wildman–Crippen LogP) is 3.04. The van der Waals surface area contributed by atoms with Gasteiger partial charge in [-0.2, -0.15) is 10.1 Å². The van der Waals surface area contributed by atoms with E-state index in [1.165, 1.54) is 5.56 Å². The van der Waals surface area contributed by atoms with Crippen molar-refractivity contribution in [2.75, 3.05) is 36.4 Å². The Morgan fingerprint density at radius 3 is 2.57 bits per heavy atom. The average Bonchev–Trinajstić information content (AvgIpc) is 3.08. The molecule has 2 N–H and O–H groups in total. The number of nitrogens with one attached hydrogen (secondary N) is 2. The van der Waals surface area contributed by atoms with E-state index in [1.54, 1.807) is 0 Å². The number of pyridine rings is 1. The van der Waals surface area contributed by atoms with Crippen molar-refractivity contribution >= 4 is 33.5 Å². The number of rotatable bonds is 5. The summed E-state index contributed by atoms with van der Waals surface area (Å²) in [6, 6.07) is 7.99. The van der Waals surface area contributed by atoms with Gasteiger partial charge in [-0.1, -0.05) is 6.07 Å². The Hall–Kier alpha value is -2.52. The summed E-state index contributed by atoms with van der Waals surface area (Å²) in [6.07, 6.45) is 1.93. The van der Waals surface area contributed by atoms with Gasteiger partial charge in [-0.25, -0.2) is 9.97 Å². The molecule has 0 unspecified atom stereocenters. The topological polar surface area (TPSA) is 85.9 Å². The second kappa shape index (κ2) is 8.24. The third-order valence-corrected chi connectivity index (χ3v) is 5.12. The van der Waals surface area contributed by atoms with E-state index in [4.69, 9.17) is 4.98 Å². The SMILES string of the molecule is Cc1cc(Nc2cc(C)[nH]n2)nc(N2CCN(Cc3ccc(Br)nc3)CC2)n1. The molecule has 9 heteroatoms. The molecule has 146 valence electrons. The van der Waals surface area contributed by atoms with Gasteiger partial charge in [0.2, 0.25) is 5.95 Å². The highest BCUT2D eigenvalue weighted by atomic mass is 79.9. The molecule has 4 heterocycles. The molecule has 4 rings (SSSR count). The van der Waals surface area contributed by atoms with Gasteiger partial charge in [-0.15, -0.1) is 0 Å². The number of nitrogens with zero attached hydrogens (tertiary/aromatic N) is 6. The smallest absolute Gasteiger partial charge is 0.227 e. The highest BCUT2D eigenvalue weighted by Gasteiger charge is 2.20. The minimum Gasteiger partial charge on any atom is -0.338 e. The highest BCUT2D eigenvalue weighted by Crippen LogP contribution is 2.19. The maximum Gasteiger partial charge on any atom is 0.227 e. The first-order valence-corrected chi connectivity index (χ1v) is 10.1. The average molecular weight is 443 g/mol. The number of anilines is 3. The summed E-state index contributed by atoms with van der Waals surface area (Å²) >= 11 is 3.38. The first kappa shape index (κ1) is 18.8. The molecule has 0 aromatic carbocycles. The van der Waals surface area contributed by atoms with Crippen LogP contribution in [0.1, 0.15) is 17.0 Å². The van der Waals surface area contributed by atoms with Crippen molar-refractivity contribution in [3.05, 3.63) is 52.0 Å². The second-order valence-electron chi connectivity index (χ2n) is 7.01. The zero-order valence-electron chi connectivity index (χ0n) is 16.0. The van der Waals surface area contributed by atoms with E-state index in [0.29, 0.717) is 0 Å². The van der Waals surface area contributed by atoms with E-state index in [2.05, 4.69) is 57.3 Å². The van der Waals surface area contributed by atoms with Crippen molar-refractivity contribution in [1.82, 2.24) is 30.0 Å². The van der Waals surface area contributed by atoms with Crippen molar-refractivity contribution < 1.29 is 0 Å². The van der Waals surface area contributed by atoms with Crippen LogP contribution in [0.4, 0.5) is 17.6 Å². The van der Waals surface area contributed by atoms with Crippen LogP contribution in [0.5, 0.6) is 0 Å². The van der Waals surface area contributed by atoms with Crippen LogP contribution in [0.25, 0.3) is 0 Å². The summed E-state index contributed by atoms with van der Waals surface area (Å²) in [5.74, 6) is 2.28. The summed E-state index contributed by atoms with van der Waals surface area (Å²) in [4.78, 5) is 18.3. The second-order valence-corrected chi connectivity index (χ2v) is 7.82. The molecule has 0 radical (unpaired) electrons. The lowest BCUT2D eigenvalue weighted by Crippen LogP contribution is -2.46. The van der Waals surface area contributed by atoms with Crippen LogP contribution in [0.3, 0.4) is 0 Å². The molecule has 0 bridgehead atoms. The fourth-order valence-corrected chi connectivity index (χ4v) is 3.47. The molecule has 0 atom stereocenters. The number of H-pyrrole nitrogens is 1. The Morgan fingerprint density at radius 1 is 1.07 bits per heavy atom. The molecule has 1 aliphatic rings. The Bertz CT molecular complexity index is 931. The molecule has 0 saturated carbocycles. The lowest BCUT2D eigenvalue weighted by atomic mass is 10.2. The minimum atomic E-state index is 0.759. The monoisotopic (exact) mass is 442 g/mol. The van der Waals surface area contributed by atoms with E-state index in [-0.39, 0.29) is 0 Å². The van der Waals surface area contributed by atoms with E-state index in [9.17, 15) is 0 Å². The molecule has 1 fully saturated rings. The molecule has 3 aromatic heterocycles. The normalized spacial score (nSPS) is 15.0. The van der Waals surface area contributed by atoms with Crippen molar-refractivity contribution in [3.63, 3.8) is 0 Å². The molecule has 3 aromatic rings. The van der Waals surface area contributed by atoms with Crippen LogP contribution in [0.15, 0.2) is 35.1 Å². The number of aromatic amines is 1. The zero-order valence-corrected chi connectivity index (χ0v) is 17.6. The Morgan fingerprint density at radius 2 is 1.89 bits per heavy atom. The van der Waals surface area contributed by atoms with Crippen LogP contribution >= 0.6 is 15.9 Å². The molecule has 0 amide bonds. The van der Waals surface area contributed by atoms with Crippen molar-refractivity contribution in [3.8, 4) is 0 Å². The summed E-state index contributed by atoms with van der Waals surface area (Å²) in [5.41, 5.74) is 3.16. The number of hydrogen-bond acceptors (Lipinski definition) is 7. The Labute approximate surface area is 172 Å². The number of hydrogen-bond donors (Lipinski definition) is 2. The summed E-state index contributed by atoms with van der Waals surface area (Å²) in [5, 5.41) is 10.4. The molecular weight excluding hydrogens is 420 g/mol. The highest BCUT2D eigenvalue weighted by molar-refractivity contribution is 9.10. The fourth-order valence-electron chi connectivity index (χ4n) is 3.24. The van der Waals surface area contributed by atoms with Crippen LogP contribution < -0.4 is 10.2 Å². The molecule has 0 aliphatic carbocycles. The van der Waals surface area contributed by atoms with Crippen molar-refractivity contribution in [2.24, 2.45) is 0 Å². The third kappa shape index (κ3) is 4.66. The first-order chi connectivity index (χ1) is 13.5. The maximum atomic E-state index is 4.70. The standard InChI is InChI=1S/C19H23BrN8/c1-13-9-17(23-18-10-14(2)25-26-18)24-19(22-13)28-7-5-27(6-8-28)12-15-3-4-16(20)21-11-15/h3-4,9-11H,5-8,12H2,1-2H3,(H2,22,23,24,25,26). The number of aryl methyl sites for hydroxylation is 2. The summed E-state index contributed by atoms with van der Waals surface area (Å²) < 4.78 is 0.868. The van der Waals surface area contributed by atoms with Crippen LogP contribution in [-0.4, -0.2) is 56.2 Å². The van der Waals surface area contributed by atoms with Gasteiger partial charge in [0.15, 0.2) is 5.82 Å². The quantitative estimate of drug-likeness (QED) is 0.587. The lowest BCUT2D eigenvalue weighted by Gasteiger charge is -2.34. The maximum absolute atomic E-state index is 4.70. The summed E-state index contributed by atoms with van der Waals surface area (Å²) in [6.45, 7) is 8.60. The number of halogens is 1. The van der Waals surface area contributed by atoms with Crippen molar-refractivity contribution in [2.45, 2.75) is 20.4 Å². The molecule has 1 saturated heterocycles. The Kier molecular flexibility index (Phi) is 5.54. The predicted molar refractivity (Wildman–Crippen MR) is 113 cm³/mol. The zero-order chi connectivity index (χ0) is 19.5. The van der Waals surface area contributed by atoms with Gasteiger partial charge in [0.25, 0.3) is 0 Å². The first-order valence-electron chi connectivity index (χ1n) is 9.27. The van der Waals surface area contributed by atoms with Gasteiger partial charge in [-0.3, -0.25) is 10.00 Å². The van der Waals surface area contributed by atoms with Gasteiger partial charge in [0, 0.05) is 62.4 Å². The van der Waals surface area contributed by atoms with Crippen LogP contribution in [0.2, 0.25) is 0 Å². The van der Waals surface area contributed by atoms with E-state index < -0.39 is 0 Å². The van der Waals surface area contributed by atoms with Gasteiger partial charge < -0.3 is 10.2 Å². The van der Waals surface area contributed by atoms with Gasteiger partial charge in [-0.05, 0) is 41.4 Å². The van der Waals surface area contributed by atoms with Gasteiger partial charge in [0.05, 0.1) is 0 Å². The van der Waals surface area contributed by atoms with E-state index in [0.717, 1.165) is 66.3 Å². The Balaban J connectivity index is 1.39. The molecule has 1 aliphatic heterocycles. The molecule has 8 nitrogen and oxygen atoms in total. The summed E-state index contributed by atoms with van der Waals surface area (Å²) in [7, 11) is 0. The van der Waals surface area contributed by atoms with Gasteiger partial charge in [0.1, 0.15) is 10.4 Å². The number of piperazine rings is 1. The van der Waals surface area contributed by atoms with Crippen molar-refractivity contribution in [1.29, 1.82) is 0 Å².